The van der Waals surface area contributed by atoms with Gasteiger partial charge in [0.25, 0.3) is 5.89 Å². The number of hydrogen-bond donors (Lipinski definition) is 1. The van der Waals surface area contributed by atoms with E-state index >= 15 is 0 Å². The third-order valence-electron chi connectivity index (χ3n) is 2.01. The first-order valence-corrected chi connectivity index (χ1v) is 9.20. The van der Waals surface area contributed by atoms with Crippen molar-refractivity contribution in [1.82, 2.24) is 10.2 Å². The van der Waals surface area contributed by atoms with E-state index in [4.69, 9.17) is 16.0 Å². The summed E-state index contributed by atoms with van der Waals surface area (Å²) in [6.45, 7) is 6.48. The summed E-state index contributed by atoms with van der Waals surface area (Å²) in [5, 5.41) is 8.56. The first kappa shape index (κ1) is 12.1. The molecular weight excluding hydrogens is 254 g/mol. The molecule has 17 heavy (non-hydrogen) atoms. The summed E-state index contributed by atoms with van der Waals surface area (Å²) in [6.07, 6.45) is 0. The van der Waals surface area contributed by atoms with Crippen LogP contribution in [0, 0.1) is 0 Å². The van der Waals surface area contributed by atoms with Gasteiger partial charge in [-0.15, -0.1) is 5.10 Å². The minimum atomic E-state index is -1.48. The third kappa shape index (κ3) is 3.07. The van der Waals surface area contributed by atoms with Crippen LogP contribution in [0.2, 0.25) is 24.7 Å². The normalized spacial score (nSPS) is 11.5. The van der Waals surface area contributed by atoms with Crippen molar-refractivity contribution < 1.29 is 4.42 Å². The van der Waals surface area contributed by atoms with Crippen molar-refractivity contribution in [2.75, 3.05) is 4.98 Å². The Labute approximate surface area is 106 Å². The average molecular weight is 268 g/mol. The van der Waals surface area contributed by atoms with Crippen LogP contribution < -0.4 is 4.98 Å². The van der Waals surface area contributed by atoms with Crippen LogP contribution in [-0.2, 0) is 0 Å². The van der Waals surface area contributed by atoms with Crippen LogP contribution in [0.15, 0.2) is 28.7 Å². The lowest BCUT2D eigenvalue weighted by Crippen LogP contribution is -2.32. The maximum Gasteiger partial charge on any atom is 0.307 e. The van der Waals surface area contributed by atoms with Crippen LogP contribution in [0.5, 0.6) is 0 Å². The van der Waals surface area contributed by atoms with Crippen molar-refractivity contribution >= 4 is 25.9 Å². The van der Waals surface area contributed by atoms with E-state index in [9.17, 15) is 0 Å². The summed E-state index contributed by atoms with van der Waals surface area (Å²) in [4.78, 5) is 3.25. The van der Waals surface area contributed by atoms with Gasteiger partial charge in [0.1, 0.15) is 8.24 Å². The summed E-state index contributed by atoms with van der Waals surface area (Å²) >= 11 is 6.06. The van der Waals surface area contributed by atoms with Crippen molar-refractivity contribution in [3.8, 4) is 11.5 Å². The van der Waals surface area contributed by atoms with Gasteiger partial charge in [0.2, 0.25) is 0 Å². The van der Waals surface area contributed by atoms with Gasteiger partial charge in [0.05, 0.1) is 10.6 Å². The van der Waals surface area contributed by atoms with Crippen LogP contribution in [0.4, 0.5) is 6.01 Å². The number of halogens is 1. The molecule has 1 aromatic heterocycles. The zero-order valence-electron chi connectivity index (χ0n) is 9.99. The largest absolute Gasteiger partial charge is 0.404 e. The maximum absolute atomic E-state index is 6.06. The SMILES string of the molecule is C[Si](C)(C)Nc1nnc(-c2ccccc2Cl)o1. The zero-order valence-corrected chi connectivity index (χ0v) is 11.7. The molecule has 0 saturated heterocycles. The van der Waals surface area contributed by atoms with Gasteiger partial charge in [-0.2, -0.15) is 0 Å². The summed E-state index contributed by atoms with van der Waals surface area (Å²) in [5.41, 5.74) is 0.755. The number of aromatic nitrogens is 2. The highest BCUT2D eigenvalue weighted by atomic mass is 35.5. The molecule has 1 heterocycles. The van der Waals surface area contributed by atoms with Gasteiger partial charge in [-0.3, -0.25) is 0 Å². The molecule has 2 aromatic rings. The van der Waals surface area contributed by atoms with Crippen LogP contribution in [0.25, 0.3) is 11.5 Å². The summed E-state index contributed by atoms with van der Waals surface area (Å²) in [6, 6.07) is 7.86. The molecule has 0 unspecified atom stereocenters. The fourth-order valence-electron chi connectivity index (χ4n) is 1.34. The Hall–Kier alpha value is -1.33. The molecule has 0 amide bonds. The number of benzene rings is 1. The Kier molecular flexibility index (Phi) is 3.21. The molecule has 0 saturated carbocycles. The molecule has 0 aliphatic heterocycles. The monoisotopic (exact) mass is 267 g/mol. The Balaban J connectivity index is 2.28. The predicted octanol–water partition coefficient (Wildman–Crippen LogP) is 3.64. The van der Waals surface area contributed by atoms with Gasteiger partial charge >= 0.3 is 6.01 Å². The average Bonchev–Trinajstić information content (AvgIpc) is 2.64. The zero-order chi connectivity index (χ0) is 12.5. The Morgan fingerprint density at radius 3 is 2.53 bits per heavy atom. The lowest BCUT2D eigenvalue weighted by atomic mass is 10.2. The van der Waals surface area contributed by atoms with E-state index in [0.717, 1.165) is 5.56 Å². The van der Waals surface area contributed by atoms with Gasteiger partial charge in [-0.05, 0) is 12.1 Å². The summed E-state index contributed by atoms with van der Waals surface area (Å²) < 4.78 is 5.54. The van der Waals surface area contributed by atoms with Crippen molar-refractivity contribution in [3.05, 3.63) is 29.3 Å². The second-order valence-electron chi connectivity index (χ2n) is 4.77. The smallest absolute Gasteiger partial charge is 0.307 e. The van der Waals surface area contributed by atoms with Crippen molar-refractivity contribution in [3.63, 3.8) is 0 Å². The molecule has 2 rings (SSSR count). The van der Waals surface area contributed by atoms with Gasteiger partial charge in [0, 0.05) is 0 Å². The molecule has 6 heteroatoms. The lowest BCUT2D eigenvalue weighted by Gasteiger charge is -2.14. The maximum atomic E-state index is 6.06. The van der Waals surface area contributed by atoms with Gasteiger partial charge in [-0.1, -0.05) is 48.5 Å². The fraction of sp³-hybridized carbons (Fsp3) is 0.273. The van der Waals surface area contributed by atoms with E-state index in [1.54, 1.807) is 6.07 Å². The molecule has 0 radical (unpaired) electrons. The Morgan fingerprint density at radius 2 is 1.88 bits per heavy atom. The molecule has 1 N–H and O–H groups in total. The minimum absolute atomic E-state index is 0.441. The van der Waals surface area contributed by atoms with E-state index in [1.807, 2.05) is 18.2 Å². The topological polar surface area (TPSA) is 51.0 Å². The Morgan fingerprint density at radius 1 is 1.18 bits per heavy atom. The lowest BCUT2D eigenvalue weighted by molar-refractivity contribution is 0.589. The fourth-order valence-corrected chi connectivity index (χ4v) is 2.30. The minimum Gasteiger partial charge on any atom is -0.404 e. The van der Waals surface area contributed by atoms with Gasteiger partial charge in [0.15, 0.2) is 0 Å². The van der Waals surface area contributed by atoms with Crippen molar-refractivity contribution in [2.24, 2.45) is 0 Å². The summed E-state index contributed by atoms with van der Waals surface area (Å²) in [5.74, 6) is 0.441. The second-order valence-corrected chi connectivity index (χ2v) is 9.92. The van der Waals surface area contributed by atoms with Crippen LogP contribution in [0.3, 0.4) is 0 Å². The molecule has 1 aromatic carbocycles. The highest BCUT2D eigenvalue weighted by Gasteiger charge is 2.18. The van der Waals surface area contributed by atoms with Gasteiger partial charge < -0.3 is 9.40 Å². The number of anilines is 1. The molecule has 0 aliphatic carbocycles. The first-order valence-electron chi connectivity index (χ1n) is 5.32. The first-order chi connectivity index (χ1) is 7.96. The number of nitrogens with zero attached hydrogens (tertiary/aromatic N) is 2. The third-order valence-corrected chi connectivity index (χ3v) is 3.30. The van der Waals surface area contributed by atoms with E-state index in [1.165, 1.54) is 0 Å². The van der Waals surface area contributed by atoms with Gasteiger partial charge in [-0.25, -0.2) is 0 Å². The molecule has 0 spiro atoms. The highest BCUT2D eigenvalue weighted by molar-refractivity contribution is 6.78. The van der Waals surface area contributed by atoms with E-state index in [0.29, 0.717) is 16.9 Å². The quantitative estimate of drug-likeness (QED) is 0.863. The van der Waals surface area contributed by atoms with E-state index < -0.39 is 8.24 Å². The van der Waals surface area contributed by atoms with Crippen LogP contribution in [-0.4, -0.2) is 18.4 Å². The molecule has 90 valence electrons. The summed E-state index contributed by atoms with van der Waals surface area (Å²) in [7, 11) is -1.48. The molecule has 0 fully saturated rings. The predicted molar refractivity (Wildman–Crippen MR) is 71.7 cm³/mol. The molecule has 0 atom stereocenters. The standard InChI is InChI=1S/C11H14ClN3OSi/c1-17(2,3)15-11-14-13-10(16-11)8-6-4-5-7-9(8)12/h4-7H,1-3H3,(H,14,15). The molecule has 4 nitrogen and oxygen atoms in total. The second kappa shape index (κ2) is 4.50. The Bertz CT molecular complexity index is 521. The highest BCUT2D eigenvalue weighted by Crippen LogP contribution is 2.27. The van der Waals surface area contributed by atoms with Crippen LogP contribution in [0.1, 0.15) is 0 Å². The van der Waals surface area contributed by atoms with Crippen LogP contribution >= 0.6 is 11.6 Å². The van der Waals surface area contributed by atoms with E-state index in [-0.39, 0.29) is 0 Å². The van der Waals surface area contributed by atoms with E-state index in [2.05, 4.69) is 34.8 Å². The number of nitrogens with one attached hydrogen (secondary N) is 1. The number of hydrogen-bond acceptors (Lipinski definition) is 4. The molecular formula is C11H14ClN3OSi. The van der Waals surface area contributed by atoms with Crippen molar-refractivity contribution in [2.45, 2.75) is 19.6 Å². The number of rotatable bonds is 3. The van der Waals surface area contributed by atoms with Crippen molar-refractivity contribution in [1.29, 1.82) is 0 Å². The molecule has 0 bridgehead atoms. The molecule has 0 aliphatic rings.